The molecule has 3 amide bonds. The fraction of sp³-hybridized carbons (Fsp3) is 0.571. The highest BCUT2D eigenvalue weighted by Gasteiger charge is 2.26. The summed E-state index contributed by atoms with van der Waals surface area (Å²) in [5, 5.41) is 7.98. The summed E-state index contributed by atoms with van der Waals surface area (Å²) in [7, 11) is 1.54. The number of alkyl carbamates (subject to hydrolysis) is 1. The lowest BCUT2D eigenvalue weighted by atomic mass is 10.1. The minimum atomic E-state index is -0.739. The number of hydrogen-bond acceptors (Lipinski definition) is 4. The predicted molar refractivity (Wildman–Crippen MR) is 109 cm³/mol. The molecule has 3 N–H and O–H groups in total. The Morgan fingerprint density at radius 3 is 2.00 bits per heavy atom. The van der Waals surface area contributed by atoms with Crippen molar-refractivity contribution in [2.75, 3.05) is 7.05 Å². The van der Waals surface area contributed by atoms with Gasteiger partial charge >= 0.3 is 6.09 Å². The van der Waals surface area contributed by atoms with Gasteiger partial charge in [0.05, 0.1) is 0 Å². The number of carbonyl (C=O) groups is 3. The summed E-state index contributed by atoms with van der Waals surface area (Å²) in [6.45, 7) is 4.17. The van der Waals surface area contributed by atoms with Crippen molar-refractivity contribution in [2.45, 2.75) is 71.1 Å². The number of likely N-dealkylation sites (N-methyl/N-ethyl adjacent to an activating group) is 1. The van der Waals surface area contributed by atoms with Gasteiger partial charge in [-0.1, -0.05) is 69.9 Å². The van der Waals surface area contributed by atoms with E-state index in [1.165, 1.54) is 0 Å². The van der Waals surface area contributed by atoms with Crippen LogP contribution in [0.15, 0.2) is 30.3 Å². The van der Waals surface area contributed by atoms with Gasteiger partial charge in [-0.2, -0.15) is 0 Å². The molecule has 0 aliphatic carbocycles. The van der Waals surface area contributed by atoms with E-state index in [1.54, 1.807) is 7.05 Å². The third kappa shape index (κ3) is 8.88. The highest BCUT2D eigenvalue weighted by molar-refractivity contribution is 5.91. The van der Waals surface area contributed by atoms with Gasteiger partial charge in [0.15, 0.2) is 0 Å². The Kier molecular flexibility index (Phi) is 11.4. The van der Waals surface area contributed by atoms with E-state index in [1.807, 2.05) is 44.2 Å². The maximum atomic E-state index is 12.7. The van der Waals surface area contributed by atoms with Gasteiger partial charge in [-0.05, 0) is 18.4 Å². The van der Waals surface area contributed by atoms with Crippen LogP contribution < -0.4 is 16.0 Å². The van der Waals surface area contributed by atoms with E-state index in [-0.39, 0.29) is 18.4 Å². The summed E-state index contributed by atoms with van der Waals surface area (Å²) < 4.78 is 5.22. The van der Waals surface area contributed by atoms with Gasteiger partial charge in [-0.15, -0.1) is 0 Å². The van der Waals surface area contributed by atoms with Gasteiger partial charge in [0.1, 0.15) is 18.7 Å². The Hall–Kier alpha value is -2.57. The topological polar surface area (TPSA) is 96.5 Å². The Morgan fingerprint density at radius 2 is 1.46 bits per heavy atom. The number of hydrogen-bond donors (Lipinski definition) is 3. The molecule has 1 aromatic carbocycles. The Balaban J connectivity index is 2.66. The van der Waals surface area contributed by atoms with Crippen LogP contribution in [0.25, 0.3) is 0 Å². The first-order valence-electron chi connectivity index (χ1n) is 10.0. The SMILES string of the molecule is CCCC[C@H](NC(=O)OCc1ccccc1)C(=O)N[C@@H](CCCC)C(=O)NC. The van der Waals surface area contributed by atoms with Crippen molar-refractivity contribution < 1.29 is 19.1 Å². The Labute approximate surface area is 167 Å². The molecule has 0 aliphatic heterocycles. The second-order valence-corrected chi connectivity index (χ2v) is 6.72. The van der Waals surface area contributed by atoms with Crippen LogP contribution in [0.4, 0.5) is 4.79 Å². The summed E-state index contributed by atoms with van der Waals surface area (Å²) in [5.74, 6) is -0.600. The second kappa shape index (κ2) is 13.6. The third-order valence-corrected chi connectivity index (χ3v) is 4.39. The van der Waals surface area contributed by atoms with E-state index < -0.39 is 18.2 Å². The molecule has 7 heteroatoms. The highest BCUT2D eigenvalue weighted by Crippen LogP contribution is 2.06. The third-order valence-electron chi connectivity index (χ3n) is 4.39. The van der Waals surface area contributed by atoms with Crippen molar-refractivity contribution in [3.63, 3.8) is 0 Å². The largest absolute Gasteiger partial charge is 0.445 e. The van der Waals surface area contributed by atoms with Gasteiger partial charge < -0.3 is 20.7 Å². The molecule has 0 bridgehead atoms. The van der Waals surface area contributed by atoms with E-state index in [9.17, 15) is 14.4 Å². The van der Waals surface area contributed by atoms with Crippen LogP contribution in [-0.4, -0.2) is 37.0 Å². The van der Waals surface area contributed by atoms with Gasteiger partial charge in [0, 0.05) is 7.05 Å². The fourth-order valence-electron chi connectivity index (χ4n) is 2.71. The predicted octanol–water partition coefficient (Wildman–Crippen LogP) is 2.89. The van der Waals surface area contributed by atoms with E-state index in [0.717, 1.165) is 31.2 Å². The van der Waals surface area contributed by atoms with Crippen LogP contribution in [0, 0.1) is 0 Å². The lowest BCUT2D eigenvalue weighted by Crippen LogP contribution is -2.53. The zero-order chi connectivity index (χ0) is 20.8. The monoisotopic (exact) mass is 391 g/mol. The van der Waals surface area contributed by atoms with Crippen molar-refractivity contribution in [3.8, 4) is 0 Å². The second-order valence-electron chi connectivity index (χ2n) is 6.72. The van der Waals surface area contributed by atoms with Crippen LogP contribution >= 0.6 is 0 Å². The Morgan fingerprint density at radius 1 is 0.893 bits per heavy atom. The molecule has 0 heterocycles. The fourth-order valence-corrected chi connectivity index (χ4v) is 2.71. The minimum absolute atomic E-state index is 0.131. The first kappa shape index (κ1) is 23.5. The Bertz CT molecular complexity index is 607. The molecule has 0 unspecified atom stereocenters. The van der Waals surface area contributed by atoms with Gasteiger partial charge in [-0.25, -0.2) is 4.79 Å². The summed E-state index contributed by atoms with van der Waals surface area (Å²) in [4.78, 5) is 36.9. The molecule has 1 rings (SSSR count). The maximum Gasteiger partial charge on any atom is 0.408 e. The number of nitrogens with one attached hydrogen (secondary N) is 3. The first-order chi connectivity index (χ1) is 13.5. The van der Waals surface area contributed by atoms with Crippen molar-refractivity contribution in [2.24, 2.45) is 0 Å². The van der Waals surface area contributed by atoms with Gasteiger partial charge in [0.25, 0.3) is 0 Å². The van der Waals surface area contributed by atoms with Crippen molar-refractivity contribution in [3.05, 3.63) is 35.9 Å². The quantitative estimate of drug-likeness (QED) is 0.510. The summed E-state index contributed by atoms with van der Waals surface area (Å²) in [6.07, 6.45) is 3.80. The van der Waals surface area contributed by atoms with Crippen molar-refractivity contribution in [1.29, 1.82) is 0 Å². The van der Waals surface area contributed by atoms with Crippen LogP contribution in [-0.2, 0) is 20.9 Å². The van der Waals surface area contributed by atoms with Crippen LogP contribution in [0.1, 0.15) is 57.9 Å². The van der Waals surface area contributed by atoms with E-state index >= 15 is 0 Å². The molecule has 1 aromatic rings. The normalized spacial score (nSPS) is 12.5. The number of rotatable bonds is 12. The molecule has 0 fully saturated rings. The number of carbonyl (C=O) groups excluding carboxylic acids is 3. The van der Waals surface area contributed by atoms with E-state index in [4.69, 9.17) is 4.74 Å². The highest BCUT2D eigenvalue weighted by atomic mass is 16.5. The average molecular weight is 392 g/mol. The molecule has 7 nitrogen and oxygen atoms in total. The first-order valence-corrected chi connectivity index (χ1v) is 10.0. The molecule has 156 valence electrons. The zero-order valence-electron chi connectivity index (χ0n) is 17.1. The lowest BCUT2D eigenvalue weighted by Gasteiger charge is -2.22. The standard InChI is InChI=1S/C21H33N3O4/c1-4-6-13-17(19(25)22-3)23-20(26)18(14-7-5-2)24-21(27)28-15-16-11-9-8-10-12-16/h8-12,17-18H,4-7,13-15H2,1-3H3,(H,22,25)(H,23,26)(H,24,27)/t17-,18-/m0/s1. The summed E-state index contributed by atoms with van der Waals surface area (Å²) >= 11 is 0. The van der Waals surface area contributed by atoms with Crippen molar-refractivity contribution in [1.82, 2.24) is 16.0 Å². The number of unbranched alkanes of at least 4 members (excludes halogenated alkanes) is 2. The number of amides is 3. The molecule has 0 saturated heterocycles. The van der Waals surface area contributed by atoms with Crippen molar-refractivity contribution >= 4 is 17.9 Å². The average Bonchev–Trinajstić information content (AvgIpc) is 2.72. The zero-order valence-corrected chi connectivity index (χ0v) is 17.1. The smallest absolute Gasteiger partial charge is 0.408 e. The van der Waals surface area contributed by atoms with E-state index in [0.29, 0.717) is 12.8 Å². The molecule has 0 aliphatic rings. The van der Waals surface area contributed by atoms with E-state index in [2.05, 4.69) is 16.0 Å². The molecule has 0 radical (unpaired) electrons. The molecular weight excluding hydrogens is 358 g/mol. The molecule has 0 saturated carbocycles. The lowest BCUT2D eigenvalue weighted by molar-refractivity contribution is -0.130. The molecular formula is C21H33N3O4. The minimum Gasteiger partial charge on any atom is -0.445 e. The number of ether oxygens (including phenoxy) is 1. The summed E-state index contributed by atoms with van der Waals surface area (Å²) in [6, 6.07) is 7.98. The van der Waals surface area contributed by atoms with Crippen LogP contribution in [0.5, 0.6) is 0 Å². The molecule has 0 spiro atoms. The van der Waals surface area contributed by atoms with Crippen LogP contribution in [0.2, 0.25) is 0 Å². The molecule has 28 heavy (non-hydrogen) atoms. The van der Waals surface area contributed by atoms with Crippen LogP contribution in [0.3, 0.4) is 0 Å². The van der Waals surface area contributed by atoms with Gasteiger partial charge in [0.2, 0.25) is 11.8 Å². The van der Waals surface area contributed by atoms with Gasteiger partial charge in [-0.3, -0.25) is 9.59 Å². The number of benzene rings is 1. The maximum absolute atomic E-state index is 12.7. The molecule has 2 atom stereocenters. The molecule has 0 aromatic heterocycles. The summed E-state index contributed by atoms with van der Waals surface area (Å²) in [5.41, 5.74) is 0.867.